The van der Waals surface area contributed by atoms with Gasteiger partial charge in [0.05, 0.1) is 12.2 Å². The van der Waals surface area contributed by atoms with E-state index in [0.29, 0.717) is 28.0 Å². The predicted molar refractivity (Wildman–Crippen MR) is 140 cm³/mol. The van der Waals surface area contributed by atoms with Crippen molar-refractivity contribution in [2.24, 2.45) is 5.73 Å². The molecule has 0 heterocycles. The molecule has 0 radical (unpaired) electrons. The molecule has 8 nitrogen and oxygen atoms in total. The highest BCUT2D eigenvalue weighted by Gasteiger charge is 2.18. The van der Waals surface area contributed by atoms with Gasteiger partial charge < -0.3 is 20.1 Å². The molecule has 0 aromatic heterocycles. The zero-order valence-corrected chi connectivity index (χ0v) is 20.7. The molecule has 188 valence electrons. The van der Waals surface area contributed by atoms with E-state index in [1.807, 2.05) is 19.1 Å². The quantitative estimate of drug-likeness (QED) is 0.122. The first kappa shape index (κ1) is 27.8. The number of nitrogens with one attached hydrogen (secondary N) is 1. The second-order valence-electron chi connectivity index (χ2n) is 7.72. The molecular formula is C28H31N3O5. The Bertz CT molecular complexity index is 1160. The number of esters is 2. The van der Waals surface area contributed by atoms with Gasteiger partial charge in [0.1, 0.15) is 18.1 Å². The molecule has 0 aliphatic rings. The Morgan fingerprint density at radius 3 is 2.22 bits per heavy atom. The van der Waals surface area contributed by atoms with Crippen LogP contribution in [0.4, 0.5) is 0 Å². The van der Waals surface area contributed by atoms with Crippen LogP contribution in [0.1, 0.15) is 42.3 Å². The number of hydrogen-bond donors (Lipinski definition) is 2. The number of nitrogens with zero attached hydrogens (tertiary/aromatic N) is 1. The summed E-state index contributed by atoms with van der Waals surface area (Å²) in [6, 6.07) is 12.9. The monoisotopic (exact) mass is 489 g/mol. The van der Waals surface area contributed by atoms with E-state index in [1.54, 1.807) is 80.6 Å². The van der Waals surface area contributed by atoms with Gasteiger partial charge in [-0.2, -0.15) is 0 Å². The van der Waals surface area contributed by atoms with E-state index in [4.69, 9.17) is 20.6 Å². The minimum Gasteiger partial charge on any atom is -0.465 e. The smallest absolute Gasteiger partial charge is 0.343 e. The summed E-state index contributed by atoms with van der Waals surface area (Å²) in [6.45, 7) is 5.61. The highest BCUT2D eigenvalue weighted by atomic mass is 16.5. The number of carbonyl (C=O) groups excluding carboxylic acids is 3. The number of rotatable bonds is 11. The molecule has 0 fully saturated rings. The lowest BCUT2D eigenvalue weighted by molar-refractivity contribution is -0.147. The van der Waals surface area contributed by atoms with Gasteiger partial charge in [0.2, 0.25) is 5.91 Å². The van der Waals surface area contributed by atoms with Crippen LogP contribution in [0.2, 0.25) is 0 Å². The lowest BCUT2D eigenvalue weighted by Gasteiger charge is -2.20. The standard InChI is InChI=1S/C28H31N3O5/c1-4-6-7-8-17-31(19-25(32)35-5-2)27(33)20(3)18-21-9-11-23(12-10-21)28(34)36-24-15-13-22(14-16-24)26(29)30/h4,6-16,18H,5,17,19H2,1-3H3,(H3,29,30)/b6-4+,8-7+,20-18+. The molecule has 8 heteroatoms. The third-order valence-electron chi connectivity index (χ3n) is 4.92. The highest BCUT2D eigenvalue weighted by molar-refractivity contribution is 5.99. The molecule has 36 heavy (non-hydrogen) atoms. The molecule has 0 aliphatic heterocycles. The highest BCUT2D eigenvalue weighted by Crippen LogP contribution is 2.16. The number of hydrogen-bond acceptors (Lipinski definition) is 6. The molecule has 0 atom stereocenters. The fraction of sp³-hybridized carbons (Fsp3) is 0.214. The first-order valence-electron chi connectivity index (χ1n) is 11.4. The van der Waals surface area contributed by atoms with Crippen molar-refractivity contribution in [3.63, 3.8) is 0 Å². The number of carbonyl (C=O) groups is 3. The van der Waals surface area contributed by atoms with Gasteiger partial charge in [0.25, 0.3) is 0 Å². The molecule has 2 aromatic carbocycles. The van der Waals surface area contributed by atoms with E-state index in [-0.39, 0.29) is 31.4 Å². The molecule has 0 bridgehead atoms. The van der Waals surface area contributed by atoms with Crippen molar-refractivity contribution >= 4 is 29.8 Å². The minimum absolute atomic E-state index is 0.0700. The second-order valence-corrected chi connectivity index (χ2v) is 7.72. The summed E-state index contributed by atoms with van der Waals surface area (Å²) in [6.07, 6.45) is 8.98. The average molecular weight is 490 g/mol. The first-order valence-corrected chi connectivity index (χ1v) is 11.4. The van der Waals surface area contributed by atoms with Crippen molar-refractivity contribution in [3.8, 4) is 5.75 Å². The van der Waals surface area contributed by atoms with E-state index in [0.717, 1.165) is 0 Å². The molecule has 1 amide bonds. The molecular weight excluding hydrogens is 458 g/mol. The fourth-order valence-electron chi connectivity index (χ4n) is 3.10. The van der Waals surface area contributed by atoms with Gasteiger partial charge in [-0.05, 0) is 68.8 Å². The largest absolute Gasteiger partial charge is 0.465 e. The molecule has 0 spiro atoms. The van der Waals surface area contributed by atoms with Crippen LogP contribution in [0.3, 0.4) is 0 Å². The Hall–Kier alpha value is -4.46. The van der Waals surface area contributed by atoms with Crippen molar-refractivity contribution in [2.45, 2.75) is 20.8 Å². The maximum atomic E-state index is 13.0. The summed E-state index contributed by atoms with van der Waals surface area (Å²) in [5.74, 6) is -1.05. The van der Waals surface area contributed by atoms with Gasteiger partial charge in [0, 0.05) is 17.7 Å². The van der Waals surface area contributed by atoms with Crippen molar-refractivity contribution in [1.82, 2.24) is 4.90 Å². The maximum absolute atomic E-state index is 13.0. The maximum Gasteiger partial charge on any atom is 0.343 e. The Kier molecular flexibility index (Phi) is 10.8. The molecule has 0 saturated carbocycles. The topological polar surface area (TPSA) is 123 Å². The van der Waals surface area contributed by atoms with Gasteiger partial charge in [-0.1, -0.05) is 36.4 Å². The van der Waals surface area contributed by atoms with Crippen LogP contribution >= 0.6 is 0 Å². The van der Waals surface area contributed by atoms with Gasteiger partial charge in [-0.3, -0.25) is 15.0 Å². The molecule has 2 rings (SSSR count). The van der Waals surface area contributed by atoms with Gasteiger partial charge >= 0.3 is 11.9 Å². The van der Waals surface area contributed by atoms with Gasteiger partial charge in [-0.15, -0.1) is 0 Å². The van der Waals surface area contributed by atoms with E-state index in [9.17, 15) is 14.4 Å². The Labute approximate surface area is 211 Å². The van der Waals surface area contributed by atoms with Crippen LogP contribution in [0.5, 0.6) is 5.75 Å². The second kappa shape index (κ2) is 14.1. The number of nitrogen functional groups attached to an aromatic ring is 1. The average Bonchev–Trinajstić information content (AvgIpc) is 2.86. The Morgan fingerprint density at radius 1 is 1.00 bits per heavy atom. The number of amides is 1. The molecule has 2 aromatic rings. The van der Waals surface area contributed by atoms with E-state index in [2.05, 4.69) is 0 Å². The summed E-state index contributed by atoms with van der Waals surface area (Å²) in [5, 5.41) is 7.41. The molecule has 0 saturated heterocycles. The SMILES string of the molecule is C/C=C/C=C/CN(CC(=O)OCC)C(=O)/C(C)=C/c1ccc(C(=O)Oc2ccc(C(=N)N)cc2)cc1. The van der Waals surface area contributed by atoms with Crippen molar-refractivity contribution < 1.29 is 23.9 Å². The van der Waals surface area contributed by atoms with Crippen LogP contribution in [-0.2, 0) is 14.3 Å². The van der Waals surface area contributed by atoms with Crippen molar-refractivity contribution in [3.05, 3.63) is 95.1 Å². The summed E-state index contributed by atoms with van der Waals surface area (Å²) in [4.78, 5) is 38.8. The summed E-state index contributed by atoms with van der Waals surface area (Å²) < 4.78 is 10.3. The van der Waals surface area contributed by atoms with Crippen molar-refractivity contribution in [1.29, 1.82) is 5.41 Å². The summed E-state index contributed by atoms with van der Waals surface area (Å²) >= 11 is 0. The first-order chi connectivity index (χ1) is 17.2. The van der Waals surface area contributed by atoms with E-state index >= 15 is 0 Å². The Morgan fingerprint density at radius 2 is 1.64 bits per heavy atom. The predicted octanol–water partition coefficient (Wildman–Crippen LogP) is 4.12. The number of nitrogens with two attached hydrogens (primary N) is 1. The number of benzene rings is 2. The normalized spacial score (nSPS) is 11.5. The minimum atomic E-state index is -0.539. The number of amidine groups is 1. The zero-order chi connectivity index (χ0) is 26.5. The zero-order valence-electron chi connectivity index (χ0n) is 20.7. The summed E-state index contributed by atoms with van der Waals surface area (Å²) in [5.41, 5.74) is 7.44. The molecule has 0 aliphatic carbocycles. The lowest BCUT2D eigenvalue weighted by atomic mass is 10.1. The number of allylic oxidation sites excluding steroid dienone is 3. The van der Waals surface area contributed by atoms with Gasteiger partial charge in [-0.25, -0.2) is 4.79 Å². The third-order valence-corrected chi connectivity index (χ3v) is 4.92. The lowest BCUT2D eigenvalue weighted by Crippen LogP contribution is -2.37. The van der Waals surface area contributed by atoms with E-state index < -0.39 is 11.9 Å². The van der Waals surface area contributed by atoms with Gasteiger partial charge in [0.15, 0.2) is 0 Å². The van der Waals surface area contributed by atoms with Crippen LogP contribution in [0.15, 0.2) is 78.4 Å². The molecule has 3 N–H and O–H groups in total. The Balaban J connectivity index is 2.10. The van der Waals surface area contributed by atoms with Crippen LogP contribution < -0.4 is 10.5 Å². The van der Waals surface area contributed by atoms with Crippen LogP contribution in [0, 0.1) is 5.41 Å². The van der Waals surface area contributed by atoms with Crippen LogP contribution in [-0.4, -0.2) is 48.3 Å². The van der Waals surface area contributed by atoms with E-state index in [1.165, 1.54) is 4.90 Å². The number of ether oxygens (including phenoxy) is 2. The fourth-order valence-corrected chi connectivity index (χ4v) is 3.10. The van der Waals surface area contributed by atoms with Crippen molar-refractivity contribution in [2.75, 3.05) is 19.7 Å². The third kappa shape index (κ3) is 8.72. The van der Waals surface area contributed by atoms with Crippen LogP contribution in [0.25, 0.3) is 6.08 Å². The molecule has 0 unspecified atom stereocenters. The summed E-state index contributed by atoms with van der Waals surface area (Å²) in [7, 11) is 0.